The maximum atomic E-state index is 12.9. The predicted octanol–water partition coefficient (Wildman–Crippen LogP) is 2.49. The Kier molecular flexibility index (Phi) is 7.99. The number of carbonyl (C=O) groups excluding carboxylic acids is 2. The molecule has 1 heterocycles. The third-order valence-corrected chi connectivity index (χ3v) is 6.51. The van der Waals surface area contributed by atoms with Crippen molar-refractivity contribution in [2.75, 3.05) is 46.6 Å². The second-order valence-electron chi connectivity index (χ2n) is 8.69. The van der Waals surface area contributed by atoms with Crippen LogP contribution >= 0.6 is 0 Å². The van der Waals surface area contributed by atoms with E-state index in [0.717, 1.165) is 22.3 Å². The summed E-state index contributed by atoms with van der Waals surface area (Å²) in [6.07, 6.45) is -0.808. The molecule has 0 saturated carbocycles. The summed E-state index contributed by atoms with van der Waals surface area (Å²) in [7, 11) is 1.48. The SMILES string of the molecule is COCCN(CC(=O)O)C(=O)[C@H]1OCC[C@H]1CNC(=O)OCC1c2ccccc2-c2ccccc21. The molecule has 2 amide bonds. The molecule has 0 unspecified atom stereocenters. The molecule has 1 saturated heterocycles. The zero-order valence-corrected chi connectivity index (χ0v) is 19.6. The molecule has 9 heteroatoms. The van der Waals surface area contributed by atoms with E-state index in [-0.39, 0.29) is 38.1 Å². The average Bonchev–Trinajstić information content (AvgIpc) is 3.46. The third kappa shape index (κ3) is 5.63. The molecular formula is C26H30N2O7. The molecule has 0 radical (unpaired) electrons. The summed E-state index contributed by atoms with van der Waals surface area (Å²) in [6.45, 7) is 0.681. The number of ether oxygens (including phenoxy) is 3. The zero-order chi connectivity index (χ0) is 24.8. The molecule has 186 valence electrons. The lowest BCUT2D eigenvalue weighted by molar-refractivity contribution is -0.150. The van der Waals surface area contributed by atoms with Crippen molar-refractivity contribution in [1.29, 1.82) is 0 Å². The monoisotopic (exact) mass is 482 g/mol. The Morgan fingerprint density at radius 3 is 2.37 bits per heavy atom. The number of carboxylic acid groups (broad SMARTS) is 1. The normalized spacial score (nSPS) is 18.5. The number of methoxy groups -OCH3 is 1. The first-order chi connectivity index (χ1) is 17.0. The van der Waals surface area contributed by atoms with Crippen LogP contribution in [0.2, 0.25) is 0 Å². The van der Waals surface area contributed by atoms with Crippen LogP contribution in [0.5, 0.6) is 0 Å². The summed E-state index contributed by atoms with van der Waals surface area (Å²) in [6, 6.07) is 16.2. The lowest BCUT2D eigenvalue weighted by Crippen LogP contribution is -2.47. The fraction of sp³-hybridized carbons (Fsp3) is 0.423. The van der Waals surface area contributed by atoms with Gasteiger partial charge in [-0.25, -0.2) is 4.79 Å². The van der Waals surface area contributed by atoms with Crippen LogP contribution in [0.3, 0.4) is 0 Å². The number of amides is 2. The van der Waals surface area contributed by atoms with E-state index in [1.54, 1.807) is 0 Å². The second-order valence-corrected chi connectivity index (χ2v) is 8.69. The smallest absolute Gasteiger partial charge is 0.407 e. The highest BCUT2D eigenvalue weighted by atomic mass is 16.5. The van der Waals surface area contributed by atoms with Gasteiger partial charge < -0.3 is 29.5 Å². The van der Waals surface area contributed by atoms with Gasteiger partial charge in [0.1, 0.15) is 19.3 Å². The molecule has 0 aromatic heterocycles. The Morgan fingerprint density at radius 1 is 1.09 bits per heavy atom. The van der Waals surface area contributed by atoms with Crippen LogP contribution in [-0.2, 0) is 23.8 Å². The summed E-state index contributed by atoms with van der Waals surface area (Å²) in [5, 5.41) is 11.9. The number of rotatable bonds is 10. The van der Waals surface area contributed by atoms with Gasteiger partial charge in [-0.2, -0.15) is 0 Å². The van der Waals surface area contributed by atoms with Crippen LogP contribution in [0.15, 0.2) is 48.5 Å². The van der Waals surface area contributed by atoms with E-state index in [1.165, 1.54) is 12.0 Å². The molecule has 9 nitrogen and oxygen atoms in total. The largest absolute Gasteiger partial charge is 0.480 e. The lowest BCUT2D eigenvalue weighted by atomic mass is 9.98. The second kappa shape index (κ2) is 11.3. The summed E-state index contributed by atoms with van der Waals surface area (Å²) < 4.78 is 16.2. The summed E-state index contributed by atoms with van der Waals surface area (Å²) in [4.78, 5) is 37.8. The Bertz CT molecular complexity index is 1030. The highest BCUT2D eigenvalue weighted by molar-refractivity contribution is 5.85. The van der Waals surface area contributed by atoms with Gasteiger partial charge in [-0.1, -0.05) is 48.5 Å². The molecule has 35 heavy (non-hydrogen) atoms. The molecule has 1 aliphatic heterocycles. The Morgan fingerprint density at radius 2 is 1.74 bits per heavy atom. The number of fused-ring (bicyclic) bond motifs is 3. The number of alkyl carbamates (subject to hydrolysis) is 1. The van der Waals surface area contributed by atoms with Crippen molar-refractivity contribution in [3.8, 4) is 11.1 Å². The first-order valence-corrected chi connectivity index (χ1v) is 11.7. The number of hydrogen-bond donors (Lipinski definition) is 2. The Hall–Kier alpha value is -3.43. The standard InChI is InChI=1S/C26H30N2O7/c1-33-13-11-28(15-23(29)30)25(31)24-17(10-12-34-24)14-27-26(32)35-16-22-20-8-4-2-6-18(20)19-7-3-5-9-21(19)22/h2-9,17,22,24H,10-16H2,1H3,(H,27,32)(H,29,30)/t17-,24-/m0/s1. The minimum absolute atomic E-state index is 0.0392. The van der Waals surface area contributed by atoms with Gasteiger partial charge in [0.2, 0.25) is 0 Å². The van der Waals surface area contributed by atoms with E-state index in [1.807, 2.05) is 24.3 Å². The number of carbonyl (C=O) groups is 3. The van der Waals surface area contributed by atoms with Crippen LogP contribution in [-0.4, -0.2) is 80.6 Å². The highest BCUT2D eigenvalue weighted by Gasteiger charge is 2.37. The van der Waals surface area contributed by atoms with E-state index < -0.39 is 30.6 Å². The number of hydrogen-bond acceptors (Lipinski definition) is 6. The lowest BCUT2D eigenvalue weighted by Gasteiger charge is -2.26. The van der Waals surface area contributed by atoms with Crippen molar-refractivity contribution in [3.05, 3.63) is 59.7 Å². The summed E-state index contributed by atoms with van der Waals surface area (Å²) in [5.74, 6) is -1.84. The van der Waals surface area contributed by atoms with Gasteiger partial charge in [0.25, 0.3) is 5.91 Å². The molecule has 2 aliphatic rings. The van der Waals surface area contributed by atoms with Gasteiger partial charge in [-0.15, -0.1) is 0 Å². The first kappa shape index (κ1) is 24.7. The van der Waals surface area contributed by atoms with Crippen LogP contribution < -0.4 is 5.32 Å². The number of carboxylic acids is 1. The summed E-state index contributed by atoms with van der Waals surface area (Å²) >= 11 is 0. The van der Waals surface area contributed by atoms with Crippen LogP contribution in [0, 0.1) is 5.92 Å². The van der Waals surface area contributed by atoms with Gasteiger partial charge in [-0.05, 0) is 28.7 Å². The molecule has 2 aromatic rings. The number of nitrogens with one attached hydrogen (secondary N) is 1. The van der Waals surface area contributed by atoms with Gasteiger partial charge in [0.05, 0.1) is 6.61 Å². The molecule has 2 atom stereocenters. The van der Waals surface area contributed by atoms with Crippen LogP contribution in [0.25, 0.3) is 11.1 Å². The van der Waals surface area contributed by atoms with Gasteiger partial charge in [0, 0.05) is 38.6 Å². The van der Waals surface area contributed by atoms with E-state index in [9.17, 15) is 14.4 Å². The average molecular weight is 483 g/mol. The minimum Gasteiger partial charge on any atom is -0.480 e. The molecule has 0 spiro atoms. The van der Waals surface area contributed by atoms with Crippen molar-refractivity contribution in [3.63, 3.8) is 0 Å². The molecule has 2 N–H and O–H groups in total. The van der Waals surface area contributed by atoms with Crippen LogP contribution in [0.1, 0.15) is 23.5 Å². The minimum atomic E-state index is -1.11. The van der Waals surface area contributed by atoms with Crippen molar-refractivity contribution >= 4 is 18.0 Å². The molecule has 1 fully saturated rings. The quantitative estimate of drug-likeness (QED) is 0.535. The zero-order valence-electron chi connectivity index (χ0n) is 19.6. The van der Waals surface area contributed by atoms with Crippen molar-refractivity contribution in [2.24, 2.45) is 5.92 Å². The molecule has 4 rings (SSSR count). The van der Waals surface area contributed by atoms with Crippen molar-refractivity contribution in [1.82, 2.24) is 10.2 Å². The van der Waals surface area contributed by atoms with Gasteiger partial charge in [0.15, 0.2) is 0 Å². The van der Waals surface area contributed by atoms with Crippen LogP contribution in [0.4, 0.5) is 4.79 Å². The highest BCUT2D eigenvalue weighted by Crippen LogP contribution is 2.44. The van der Waals surface area contributed by atoms with Gasteiger partial charge >= 0.3 is 12.1 Å². The topological polar surface area (TPSA) is 114 Å². The van der Waals surface area contributed by atoms with E-state index in [0.29, 0.717) is 13.0 Å². The number of aliphatic carboxylic acids is 1. The fourth-order valence-electron chi connectivity index (χ4n) is 4.79. The third-order valence-electron chi connectivity index (χ3n) is 6.51. The van der Waals surface area contributed by atoms with E-state index >= 15 is 0 Å². The maximum absolute atomic E-state index is 12.9. The number of nitrogens with zero attached hydrogens (tertiary/aromatic N) is 1. The van der Waals surface area contributed by atoms with Gasteiger partial charge in [-0.3, -0.25) is 9.59 Å². The predicted molar refractivity (Wildman–Crippen MR) is 127 cm³/mol. The molecule has 1 aliphatic carbocycles. The van der Waals surface area contributed by atoms with E-state index in [4.69, 9.17) is 19.3 Å². The van der Waals surface area contributed by atoms with E-state index in [2.05, 4.69) is 29.6 Å². The molecule has 0 bridgehead atoms. The van der Waals surface area contributed by atoms with Crippen molar-refractivity contribution < 1.29 is 33.7 Å². The van der Waals surface area contributed by atoms with Crippen molar-refractivity contribution in [2.45, 2.75) is 18.4 Å². The Balaban J connectivity index is 1.32. The molecule has 2 aromatic carbocycles. The first-order valence-electron chi connectivity index (χ1n) is 11.7. The Labute approximate surface area is 204 Å². The summed E-state index contributed by atoms with van der Waals surface area (Å²) in [5.41, 5.74) is 4.57. The fourth-order valence-corrected chi connectivity index (χ4v) is 4.79. The molecular weight excluding hydrogens is 452 g/mol. The number of benzene rings is 2. The maximum Gasteiger partial charge on any atom is 0.407 e.